The van der Waals surface area contributed by atoms with Crippen LogP contribution in [0.25, 0.3) is 0 Å². The average Bonchev–Trinajstić information content (AvgIpc) is 0.936. The standard InChI is InChI=1S/C81H136O17P2/c1-5-9-13-17-21-25-29-33-35-36-37-38-40-44-46-50-54-58-62-66-79(84)92-72-77(98-81(86)68-64-60-56-52-48-42-32-28-24-20-16-12-8-4)74-96-100(89,90)94-70-75(82)69-93-99(87,88)95-73-76(97-80(85)67-63-59-55-51-47-41-31-27-23-19-15-11-7-3)71-91-78(83)65-61-57-53-49-45-43-39-34-30-26-22-18-14-10-6-2/h10,14-15,19,21-22,25-28,31-35,37-39,45,49,57,61,75-77,82H,5-9,11-13,16-18,20,23-24,29-30,36,40-44,46-48,50-56,58-60,62-74H2,1-4H3,(H,87,88)(H,89,90)/b14-10-,19-15-,25-21-,26-22-,31-27-,32-28-,35-33-,38-37-,39-34-,49-45-,61-57-. The summed E-state index contributed by atoms with van der Waals surface area (Å²) in [6, 6.07) is 0. The number of aliphatic hydroxyl groups is 1. The highest BCUT2D eigenvalue weighted by molar-refractivity contribution is 7.47. The van der Waals surface area contributed by atoms with Crippen molar-refractivity contribution >= 4 is 39.5 Å². The Labute approximate surface area is 605 Å². The molecule has 0 spiro atoms. The van der Waals surface area contributed by atoms with Gasteiger partial charge in [-0.1, -0.05) is 264 Å². The number of allylic oxidation sites excluding steroid dienone is 21. The molecule has 0 rings (SSSR count). The third kappa shape index (κ3) is 71.6. The number of phosphoric ester groups is 2. The molecule has 5 atom stereocenters. The van der Waals surface area contributed by atoms with Crippen LogP contribution in [0.1, 0.15) is 297 Å². The Kier molecular flexibility index (Phi) is 69.1. The Balaban J connectivity index is 5.41. The number of hydrogen-bond acceptors (Lipinski definition) is 15. The number of carbonyl (C=O) groups is 4. The number of unbranched alkanes of at least 4 members (excludes halogenated alkanes) is 24. The molecule has 5 unspecified atom stereocenters. The molecule has 0 aliphatic heterocycles. The van der Waals surface area contributed by atoms with Crippen LogP contribution in [-0.4, -0.2) is 96.7 Å². The van der Waals surface area contributed by atoms with Gasteiger partial charge in [-0.2, -0.15) is 0 Å². The van der Waals surface area contributed by atoms with E-state index in [1.54, 1.807) is 6.08 Å². The Bertz CT molecular complexity index is 2420. The summed E-state index contributed by atoms with van der Waals surface area (Å²) in [4.78, 5) is 72.8. The van der Waals surface area contributed by atoms with E-state index in [0.717, 1.165) is 173 Å². The maximum atomic E-state index is 13.1. The van der Waals surface area contributed by atoms with Crippen LogP contribution in [0.2, 0.25) is 0 Å². The minimum Gasteiger partial charge on any atom is -0.462 e. The molecule has 19 heteroatoms. The molecule has 0 saturated carbocycles. The molecule has 0 amide bonds. The third-order valence-electron chi connectivity index (χ3n) is 15.6. The smallest absolute Gasteiger partial charge is 0.462 e. The molecule has 17 nitrogen and oxygen atoms in total. The number of ether oxygens (including phenoxy) is 4. The van der Waals surface area contributed by atoms with E-state index in [2.05, 4.69) is 137 Å². The second kappa shape index (κ2) is 72.5. The Morgan fingerprint density at radius 3 is 0.960 bits per heavy atom. The molecule has 0 aromatic carbocycles. The third-order valence-corrected chi connectivity index (χ3v) is 17.5. The summed E-state index contributed by atoms with van der Waals surface area (Å²) < 4.78 is 68.3. The molecule has 0 aromatic heterocycles. The number of hydrogen-bond donors (Lipinski definition) is 3. The molecule has 0 bridgehead atoms. The lowest BCUT2D eigenvalue weighted by Crippen LogP contribution is -2.30. The van der Waals surface area contributed by atoms with Gasteiger partial charge in [-0.15, -0.1) is 0 Å². The van der Waals surface area contributed by atoms with E-state index < -0.39 is 97.5 Å². The fourth-order valence-electron chi connectivity index (χ4n) is 9.74. The van der Waals surface area contributed by atoms with Gasteiger partial charge in [0.05, 0.1) is 32.8 Å². The number of esters is 4. The molecule has 0 aromatic rings. The molecule has 0 fully saturated rings. The van der Waals surface area contributed by atoms with E-state index in [1.807, 2.05) is 18.2 Å². The molecule has 0 saturated heterocycles. The molecular formula is C81H136O17P2. The highest BCUT2D eigenvalue weighted by Gasteiger charge is 2.30. The lowest BCUT2D eigenvalue weighted by atomic mass is 10.1. The van der Waals surface area contributed by atoms with Crippen molar-refractivity contribution in [3.05, 3.63) is 134 Å². The molecule has 0 radical (unpaired) electrons. The van der Waals surface area contributed by atoms with Crippen molar-refractivity contribution in [3.63, 3.8) is 0 Å². The van der Waals surface area contributed by atoms with Gasteiger partial charge in [-0.05, 0) is 141 Å². The molecule has 0 heterocycles. The predicted molar refractivity (Wildman–Crippen MR) is 408 cm³/mol. The first-order valence-electron chi connectivity index (χ1n) is 38.4. The number of aliphatic hydroxyl groups excluding tert-OH is 1. The van der Waals surface area contributed by atoms with Crippen molar-refractivity contribution in [2.24, 2.45) is 0 Å². The van der Waals surface area contributed by atoms with Crippen LogP contribution in [0.3, 0.4) is 0 Å². The van der Waals surface area contributed by atoms with Gasteiger partial charge in [0.2, 0.25) is 0 Å². The molecule has 572 valence electrons. The zero-order chi connectivity index (χ0) is 73.2. The zero-order valence-corrected chi connectivity index (χ0v) is 64.1. The maximum absolute atomic E-state index is 13.1. The first-order valence-corrected chi connectivity index (χ1v) is 41.4. The summed E-state index contributed by atoms with van der Waals surface area (Å²) in [7, 11) is -9.99. The molecule has 100 heavy (non-hydrogen) atoms. The number of phosphoric acid groups is 2. The lowest BCUT2D eigenvalue weighted by Gasteiger charge is -2.21. The lowest BCUT2D eigenvalue weighted by molar-refractivity contribution is -0.161. The number of rotatable bonds is 71. The molecule has 3 N–H and O–H groups in total. The van der Waals surface area contributed by atoms with Crippen LogP contribution in [0.15, 0.2) is 134 Å². The summed E-state index contributed by atoms with van der Waals surface area (Å²) in [6.45, 7) is 4.49. The Morgan fingerprint density at radius 2 is 0.580 bits per heavy atom. The highest BCUT2D eigenvalue weighted by Crippen LogP contribution is 2.45. The van der Waals surface area contributed by atoms with Crippen LogP contribution >= 0.6 is 15.6 Å². The van der Waals surface area contributed by atoms with Crippen molar-refractivity contribution in [1.82, 2.24) is 0 Å². The van der Waals surface area contributed by atoms with E-state index in [-0.39, 0.29) is 25.7 Å². The quantitative estimate of drug-likeness (QED) is 0.0169. The topological polar surface area (TPSA) is 237 Å². The van der Waals surface area contributed by atoms with E-state index >= 15 is 0 Å². The average molecular weight is 1440 g/mol. The largest absolute Gasteiger partial charge is 0.472 e. The van der Waals surface area contributed by atoms with Crippen molar-refractivity contribution in [2.75, 3.05) is 39.6 Å². The normalized spacial score (nSPS) is 14.7. The summed E-state index contributed by atoms with van der Waals surface area (Å²) in [5.41, 5.74) is 0. The molecule has 0 aliphatic rings. The minimum atomic E-state index is -5.00. The van der Waals surface area contributed by atoms with Crippen molar-refractivity contribution < 1.29 is 80.2 Å². The monoisotopic (exact) mass is 1440 g/mol. The maximum Gasteiger partial charge on any atom is 0.472 e. The van der Waals surface area contributed by atoms with Gasteiger partial charge < -0.3 is 33.8 Å². The van der Waals surface area contributed by atoms with Gasteiger partial charge in [-0.25, -0.2) is 9.13 Å². The first kappa shape index (κ1) is 95.2. The fraction of sp³-hybridized carbons (Fsp3) is 0.679. The van der Waals surface area contributed by atoms with E-state index in [0.29, 0.717) is 25.7 Å². The van der Waals surface area contributed by atoms with Gasteiger partial charge in [0.1, 0.15) is 19.3 Å². The highest BCUT2D eigenvalue weighted by atomic mass is 31.2. The SMILES string of the molecule is CC/C=C\C/C=C\C/C=C\C/C=C\C/C=C\CC(=O)OCC(COP(=O)(O)OCC(O)COP(=O)(O)OCC(COC(=O)CCCCCCCC/C=C\C/C=C\C/C=C\CCCCC)OC(=O)CCCCCCC/C=C\CCCCCC)OC(=O)CCCCCCC/C=C\C/C=C\CCC. The van der Waals surface area contributed by atoms with Crippen LogP contribution in [0.5, 0.6) is 0 Å². The van der Waals surface area contributed by atoms with Gasteiger partial charge >= 0.3 is 39.5 Å². The predicted octanol–water partition coefficient (Wildman–Crippen LogP) is 22.1. The van der Waals surface area contributed by atoms with Crippen LogP contribution < -0.4 is 0 Å². The van der Waals surface area contributed by atoms with Crippen LogP contribution in [0.4, 0.5) is 0 Å². The summed E-state index contributed by atoms with van der Waals surface area (Å²) in [5, 5.41) is 10.6. The van der Waals surface area contributed by atoms with Gasteiger partial charge in [0, 0.05) is 19.3 Å². The van der Waals surface area contributed by atoms with Crippen molar-refractivity contribution in [3.8, 4) is 0 Å². The van der Waals surface area contributed by atoms with Gasteiger partial charge in [0.15, 0.2) is 12.2 Å². The summed E-state index contributed by atoms with van der Waals surface area (Å²) in [6.07, 6.45) is 80.4. The van der Waals surface area contributed by atoms with Gasteiger partial charge in [0.25, 0.3) is 0 Å². The summed E-state index contributed by atoms with van der Waals surface area (Å²) in [5.74, 6) is -2.36. The van der Waals surface area contributed by atoms with E-state index in [4.69, 9.17) is 37.0 Å². The molecular weight excluding hydrogens is 1310 g/mol. The van der Waals surface area contributed by atoms with E-state index in [1.165, 1.54) is 44.9 Å². The zero-order valence-electron chi connectivity index (χ0n) is 62.3. The Morgan fingerprint density at radius 1 is 0.300 bits per heavy atom. The number of carbonyl (C=O) groups excluding carboxylic acids is 4. The second-order valence-electron chi connectivity index (χ2n) is 25.2. The molecule has 0 aliphatic carbocycles. The van der Waals surface area contributed by atoms with Crippen molar-refractivity contribution in [2.45, 2.75) is 316 Å². The van der Waals surface area contributed by atoms with Gasteiger partial charge in [-0.3, -0.25) is 37.3 Å². The Hall–Kier alpha value is -4.80. The summed E-state index contributed by atoms with van der Waals surface area (Å²) >= 11 is 0. The van der Waals surface area contributed by atoms with Crippen LogP contribution in [-0.2, 0) is 65.4 Å². The van der Waals surface area contributed by atoms with Crippen LogP contribution in [0, 0.1) is 0 Å². The second-order valence-corrected chi connectivity index (χ2v) is 28.1. The minimum absolute atomic E-state index is 0.0559. The van der Waals surface area contributed by atoms with E-state index in [9.17, 15) is 43.2 Å². The fourth-order valence-corrected chi connectivity index (χ4v) is 11.3. The van der Waals surface area contributed by atoms with Crippen molar-refractivity contribution in [1.29, 1.82) is 0 Å². The first-order chi connectivity index (χ1) is 48.7.